The highest BCUT2D eigenvalue weighted by Gasteiger charge is 2.28. The van der Waals surface area contributed by atoms with Gasteiger partial charge in [0, 0.05) is 26.2 Å². The second kappa shape index (κ2) is 13.0. The van der Waals surface area contributed by atoms with Gasteiger partial charge >= 0.3 is 11.9 Å². The molecule has 0 fully saturated rings. The van der Waals surface area contributed by atoms with Crippen molar-refractivity contribution < 1.29 is 28.7 Å². The average Bonchev–Trinajstić information content (AvgIpc) is 2.83. The van der Waals surface area contributed by atoms with Crippen LogP contribution < -0.4 is 14.8 Å². The molecule has 2 rings (SSSR count). The van der Waals surface area contributed by atoms with Gasteiger partial charge in [0.1, 0.15) is 6.04 Å². The summed E-state index contributed by atoms with van der Waals surface area (Å²) in [6, 6.07) is 9.67. The van der Waals surface area contributed by atoms with Gasteiger partial charge in [0.25, 0.3) is 5.91 Å². The maximum Gasteiger partial charge on any atom is 0.347 e. The van der Waals surface area contributed by atoms with E-state index in [0.29, 0.717) is 0 Å². The first kappa shape index (κ1) is 27.3. The van der Waals surface area contributed by atoms with Crippen molar-refractivity contribution in [3.05, 3.63) is 77.7 Å². The lowest BCUT2D eigenvalue weighted by Crippen LogP contribution is -2.43. The summed E-state index contributed by atoms with van der Waals surface area (Å²) in [7, 11) is 3.02. The topological polar surface area (TPSA) is 107 Å². The van der Waals surface area contributed by atoms with Crippen LogP contribution in [-0.2, 0) is 14.4 Å². The van der Waals surface area contributed by atoms with Crippen LogP contribution in [0.4, 0.5) is 0 Å². The number of aromatic nitrogens is 1. The van der Waals surface area contributed by atoms with Crippen LogP contribution in [-0.4, -0.2) is 48.1 Å². The van der Waals surface area contributed by atoms with E-state index in [1.807, 2.05) is 62.4 Å². The molecule has 2 unspecified atom stereocenters. The molecule has 0 aliphatic carbocycles. The van der Waals surface area contributed by atoms with E-state index in [-0.39, 0.29) is 23.2 Å². The third-order valence-electron chi connectivity index (χ3n) is 4.97. The highest BCUT2D eigenvalue weighted by molar-refractivity contribution is 5.98. The molecule has 1 N–H and O–H groups in total. The molecule has 0 aliphatic heterocycles. The number of allylic oxidation sites excluding steroid dienone is 2. The molecule has 2 atom stereocenters. The molecule has 1 amide bonds. The van der Waals surface area contributed by atoms with Crippen LogP contribution in [0.3, 0.4) is 0 Å². The molecule has 0 saturated heterocycles. The van der Waals surface area contributed by atoms with Gasteiger partial charge in [0.15, 0.2) is 11.4 Å². The Morgan fingerprint density at radius 2 is 1.80 bits per heavy atom. The number of pyridine rings is 1. The second-order valence-corrected chi connectivity index (χ2v) is 7.54. The number of esters is 1. The molecule has 2 aromatic rings. The monoisotopic (exact) mass is 481 g/mol. The molecule has 1 heterocycles. The minimum atomic E-state index is -1.03. The predicted octanol–water partition coefficient (Wildman–Crippen LogP) is 3.79. The fourth-order valence-electron chi connectivity index (χ4n) is 3.38. The number of likely N-dealkylation sites (N-methyl/N-ethyl adjacent to an activating group) is 1. The van der Waals surface area contributed by atoms with Gasteiger partial charge in [-0.05, 0) is 31.9 Å². The van der Waals surface area contributed by atoms with Crippen LogP contribution >= 0.6 is 0 Å². The van der Waals surface area contributed by atoms with Gasteiger partial charge in [-0.2, -0.15) is 0 Å². The fraction of sp³-hybridized carbons (Fsp3) is 0.308. The van der Waals surface area contributed by atoms with Crippen molar-refractivity contribution in [3.8, 4) is 11.5 Å². The van der Waals surface area contributed by atoms with E-state index in [1.165, 1.54) is 38.3 Å². The minimum absolute atomic E-state index is 0.133. The van der Waals surface area contributed by atoms with Crippen molar-refractivity contribution in [1.29, 1.82) is 0 Å². The quantitative estimate of drug-likeness (QED) is 0.310. The maximum absolute atomic E-state index is 12.9. The number of methoxy groups -OCH3 is 1. The molecule has 186 valence electrons. The number of nitrogens with one attached hydrogen (secondary N) is 1. The number of carbonyl (C=O) groups is 3. The number of nitrogens with zero attached hydrogens (tertiary/aromatic N) is 2. The summed E-state index contributed by atoms with van der Waals surface area (Å²) in [5.74, 6) is -2.04. The Balaban J connectivity index is 2.21. The van der Waals surface area contributed by atoms with E-state index >= 15 is 0 Å². The average molecular weight is 482 g/mol. The third-order valence-corrected chi connectivity index (χ3v) is 4.97. The first-order chi connectivity index (χ1) is 16.7. The zero-order chi connectivity index (χ0) is 26.0. The zero-order valence-electron chi connectivity index (χ0n) is 20.8. The van der Waals surface area contributed by atoms with Gasteiger partial charge in [-0.15, -0.1) is 5.06 Å². The Hall–Kier alpha value is -3.98. The van der Waals surface area contributed by atoms with Gasteiger partial charge < -0.3 is 19.6 Å². The van der Waals surface area contributed by atoms with E-state index in [2.05, 4.69) is 10.3 Å². The molecule has 9 heteroatoms. The summed E-state index contributed by atoms with van der Waals surface area (Å²) >= 11 is 0. The van der Waals surface area contributed by atoms with Crippen molar-refractivity contribution in [1.82, 2.24) is 15.4 Å². The summed E-state index contributed by atoms with van der Waals surface area (Å²) < 4.78 is 10.3. The molecule has 0 saturated carbocycles. The first-order valence-corrected chi connectivity index (χ1v) is 11.0. The normalized spacial score (nSPS) is 13.3. The summed E-state index contributed by atoms with van der Waals surface area (Å²) in [6.45, 7) is 6.50. The Bertz CT molecular complexity index is 1100. The summed E-state index contributed by atoms with van der Waals surface area (Å²) in [5, 5.41) is 3.98. The standard InChI is InChI=1S/C26H31N3O6/c1-7-12-19(8-2)23(20-13-10-9-11-14-20)29(5)35-26(32)17(3)28-25(31)22-24(34-18(4)30)21(33-6)15-16-27-22/h7-17,23H,1-6H3,(H,28,31)/b12-7-,19-8+. The number of hydroxylamine groups is 2. The molecule has 1 aromatic heterocycles. The smallest absolute Gasteiger partial charge is 0.347 e. The number of hydrogen-bond donors (Lipinski definition) is 1. The maximum atomic E-state index is 12.9. The number of carbonyl (C=O) groups excluding carboxylic acids is 3. The lowest BCUT2D eigenvalue weighted by Gasteiger charge is -2.29. The van der Waals surface area contributed by atoms with Crippen LogP contribution in [0.5, 0.6) is 11.5 Å². The lowest BCUT2D eigenvalue weighted by molar-refractivity contribution is -0.193. The SMILES string of the molecule is C/C=C\C(=C/C)C(c1ccccc1)N(C)OC(=O)C(C)NC(=O)c1nccc(OC)c1OC(C)=O. The Morgan fingerprint density at radius 3 is 2.37 bits per heavy atom. The highest BCUT2D eigenvalue weighted by atomic mass is 16.7. The largest absolute Gasteiger partial charge is 0.493 e. The number of rotatable bonds is 10. The molecule has 9 nitrogen and oxygen atoms in total. The zero-order valence-corrected chi connectivity index (χ0v) is 20.8. The van der Waals surface area contributed by atoms with Gasteiger partial charge in [0.2, 0.25) is 5.75 Å². The Morgan fingerprint density at radius 1 is 1.11 bits per heavy atom. The minimum Gasteiger partial charge on any atom is -0.493 e. The van der Waals surface area contributed by atoms with E-state index in [9.17, 15) is 14.4 Å². The second-order valence-electron chi connectivity index (χ2n) is 7.54. The van der Waals surface area contributed by atoms with Crippen LogP contribution in [0, 0.1) is 0 Å². The van der Waals surface area contributed by atoms with Crippen molar-refractivity contribution in [2.24, 2.45) is 0 Å². The number of benzene rings is 1. The van der Waals surface area contributed by atoms with E-state index < -0.39 is 23.9 Å². The van der Waals surface area contributed by atoms with Gasteiger partial charge in [-0.25, -0.2) is 9.78 Å². The molecule has 0 radical (unpaired) electrons. The molecular weight excluding hydrogens is 450 g/mol. The molecule has 35 heavy (non-hydrogen) atoms. The van der Waals surface area contributed by atoms with Gasteiger partial charge in [-0.1, -0.05) is 48.6 Å². The predicted molar refractivity (Wildman–Crippen MR) is 131 cm³/mol. The number of amides is 1. The van der Waals surface area contributed by atoms with E-state index in [0.717, 1.165) is 11.1 Å². The van der Waals surface area contributed by atoms with Crippen LogP contribution in [0.2, 0.25) is 0 Å². The van der Waals surface area contributed by atoms with Crippen molar-refractivity contribution in [2.75, 3.05) is 14.2 Å². The first-order valence-electron chi connectivity index (χ1n) is 11.0. The fourth-order valence-corrected chi connectivity index (χ4v) is 3.38. The number of hydrogen-bond acceptors (Lipinski definition) is 8. The van der Waals surface area contributed by atoms with Crippen molar-refractivity contribution >= 4 is 17.8 Å². The Labute approximate surface area is 205 Å². The molecule has 0 bridgehead atoms. The van der Waals surface area contributed by atoms with E-state index in [1.54, 1.807) is 7.05 Å². The third kappa shape index (κ3) is 7.25. The van der Waals surface area contributed by atoms with E-state index in [4.69, 9.17) is 14.3 Å². The molecular formula is C26H31N3O6. The lowest BCUT2D eigenvalue weighted by atomic mass is 9.98. The molecule has 1 aromatic carbocycles. The molecule has 0 aliphatic rings. The Kier molecular flexibility index (Phi) is 10.2. The van der Waals surface area contributed by atoms with Crippen LogP contribution in [0.15, 0.2) is 66.4 Å². The van der Waals surface area contributed by atoms with Gasteiger partial charge in [-0.3, -0.25) is 9.59 Å². The summed E-state index contributed by atoms with van der Waals surface area (Å²) in [6.07, 6.45) is 7.13. The van der Waals surface area contributed by atoms with Gasteiger partial charge in [0.05, 0.1) is 13.2 Å². The van der Waals surface area contributed by atoms with Crippen LogP contribution in [0.1, 0.15) is 49.8 Å². The summed E-state index contributed by atoms with van der Waals surface area (Å²) in [4.78, 5) is 46.8. The van der Waals surface area contributed by atoms with Crippen LogP contribution in [0.25, 0.3) is 0 Å². The molecule has 0 spiro atoms. The van der Waals surface area contributed by atoms with Crippen molar-refractivity contribution in [3.63, 3.8) is 0 Å². The number of ether oxygens (including phenoxy) is 2. The summed E-state index contributed by atoms with van der Waals surface area (Å²) in [5.41, 5.74) is 1.66. The highest BCUT2D eigenvalue weighted by Crippen LogP contribution is 2.30. The van der Waals surface area contributed by atoms with Crippen molar-refractivity contribution in [2.45, 2.75) is 39.8 Å².